The second-order valence-corrected chi connectivity index (χ2v) is 8.17. The number of anilines is 1. The van der Waals surface area contributed by atoms with Gasteiger partial charge in [0.25, 0.3) is 0 Å². The van der Waals surface area contributed by atoms with E-state index in [-0.39, 0.29) is 0 Å². The number of aryl methyl sites for hydroxylation is 1. The topological polar surface area (TPSA) is 58.8 Å². The van der Waals surface area contributed by atoms with Gasteiger partial charge in [0.05, 0.1) is 43.0 Å². The van der Waals surface area contributed by atoms with Gasteiger partial charge in [-0.15, -0.1) is 0 Å². The Labute approximate surface area is 174 Å². The van der Waals surface area contributed by atoms with Gasteiger partial charge in [-0.05, 0) is 24.6 Å². The highest BCUT2D eigenvalue weighted by Gasteiger charge is 2.33. The first kappa shape index (κ1) is 17.8. The molecule has 0 saturated carbocycles. The van der Waals surface area contributed by atoms with E-state index in [2.05, 4.69) is 50.3 Å². The molecule has 2 aliphatic rings. The minimum Gasteiger partial charge on any atom is -0.379 e. The highest BCUT2D eigenvalue weighted by Crippen LogP contribution is 2.32. The molecular formula is C23H24N6O. The van der Waals surface area contributed by atoms with Gasteiger partial charge < -0.3 is 9.64 Å². The van der Waals surface area contributed by atoms with E-state index in [1.54, 1.807) is 0 Å². The molecule has 2 aliphatic heterocycles. The molecule has 152 valence electrons. The predicted molar refractivity (Wildman–Crippen MR) is 117 cm³/mol. The van der Waals surface area contributed by atoms with E-state index < -0.39 is 0 Å². The summed E-state index contributed by atoms with van der Waals surface area (Å²) < 4.78 is 7.37. The van der Waals surface area contributed by atoms with Crippen molar-refractivity contribution in [1.82, 2.24) is 24.5 Å². The minimum atomic E-state index is 0.615. The Morgan fingerprint density at radius 2 is 1.87 bits per heavy atom. The van der Waals surface area contributed by atoms with Crippen molar-refractivity contribution in [1.29, 1.82) is 0 Å². The SMILES string of the molecule is Cc1cc(-c2cnn3cc(N4CC(N5CCOCC5)C4)cnc23)c2ccccc2n1. The zero-order chi connectivity index (χ0) is 20.1. The lowest BCUT2D eigenvalue weighted by atomic mass is 10.0. The Morgan fingerprint density at radius 3 is 2.73 bits per heavy atom. The number of fused-ring (bicyclic) bond motifs is 2. The van der Waals surface area contributed by atoms with E-state index in [1.807, 2.05) is 29.9 Å². The van der Waals surface area contributed by atoms with Crippen LogP contribution in [0.3, 0.4) is 0 Å². The Morgan fingerprint density at radius 1 is 1.03 bits per heavy atom. The molecule has 1 aromatic carbocycles. The normalized spacial score (nSPS) is 18.2. The number of ether oxygens (including phenoxy) is 1. The monoisotopic (exact) mass is 400 g/mol. The first-order valence-corrected chi connectivity index (χ1v) is 10.5. The Kier molecular flexibility index (Phi) is 4.17. The van der Waals surface area contributed by atoms with Crippen molar-refractivity contribution in [2.45, 2.75) is 13.0 Å². The van der Waals surface area contributed by atoms with Crippen LogP contribution in [0.1, 0.15) is 5.69 Å². The maximum Gasteiger partial charge on any atom is 0.162 e. The van der Waals surface area contributed by atoms with Crippen LogP contribution in [0.5, 0.6) is 0 Å². The quantitative estimate of drug-likeness (QED) is 0.527. The highest BCUT2D eigenvalue weighted by molar-refractivity contribution is 5.98. The van der Waals surface area contributed by atoms with Crippen LogP contribution in [-0.4, -0.2) is 69.9 Å². The molecule has 0 aliphatic carbocycles. The van der Waals surface area contributed by atoms with E-state index in [9.17, 15) is 0 Å². The molecule has 30 heavy (non-hydrogen) atoms. The van der Waals surface area contributed by atoms with Crippen LogP contribution in [0.15, 0.2) is 48.9 Å². The van der Waals surface area contributed by atoms with Crippen molar-refractivity contribution >= 4 is 22.2 Å². The third-order valence-corrected chi connectivity index (χ3v) is 6.27. The fraction of sp³-hybridized carbons (Fsp3) is 0.348. The molecule has 0 bridgehead atoms. The number of benzene rings is 1. The van der Waals surface area contributed by atoms with Gasteiger partial charge in [0.15, 0.2) is 5.65 Å². The largest absolute Gasteiger partial charge is 0.379 e. The number of morpholine rings is 1. The lowest BCUT2D eigenvalue weighted by Crippen LogP contribution is -2.61. The van der Waals surface area contributed by atoms with Gasteiger partial charge in [-0.3, -0.25) is 9.88 Å². The molecule has 0 radical (unpaired) electrons. The van der Waals surface area contributed by atoms with Gasteiger partial charge in [0.1, 0.15) is 0 Å². The second-order valence-electron chi connectivity index (χ2n) is 8.17. The average Bonchev–Trinajstić information content (AvgIpc) is 3.16. The first-order chi connectivity index (χ1) is 14.8. The third-order valence-electron chi connectivity index (χ3n) is 6.27. The summed E-state index contributed by atoms with van der Waals surface area (Å²) in [5.74, 6) is 0. The number of para-hydroxylation sites is 1. The van der Waals surface area contributed by atoms with Crippen LogP contribution in [-0.2, 0) is 4.74 Å². The van der Waals surface area contributed by atoms with Crippen molar-refractivity contribution in [3.05, 3.63) is 54.6 Å². The van der Waals surface area contributed by atoms with E-state index in [1.165, 1.54) is 0 Å². The van der Waals surface area contributed by atoms with E-state index in [0.717, 1.165) is 78.5 Å². The fourth-order valence-corrected chi connectivity index (χ4v) is 4.59. The van der Waals surface area contributed by atoms with Crippen LogP contribution in [0.25, 0.3) is 27.7 Å². The molecule has 4 aromatic rings. The molecule has 3 aromatic heterocycles. The van der Waals surface area contributed by atoms with Crippen LogP contribution < -0.4 is 4.90 Å². The molecule has 0 atom stereocenters. The highest BCUT2D eigenvalue weighted by atomic mass is 16.5. The molecule has 2 fully saturated rings. The predicted octanol–water partition coefficient (Wildman–Crippen LogP) is 2.77. The number of aromatic nitrogens is 4. The summed E-state index contributed by atoms with van der Waals surface area (Å²) in [7, 11) is 0. The van der Waals surface area contributed by atoms with Crippen LogP contribution in [0.2, 0.25) is 0 Å². The van der Waals surface area contributed by atoms with Gasteiger partial charge in [-0.25, -0.2) is 9.50 Å². The summed E-state index contributed by atoms with van der Waals surface area (Å²) >= 11 is 0. The van der Waals surface area contributed by atoms with Crippen molar-refractivity contribution < 1.29 is 4.74 Å². The molecule has 6 rings (SSSR count). The van der Waals surface area contributed by atoms with Gasteiger partial charge in [0.2, 0.25) is 0 Å². The zero-order valence-corrected chi connectivity index (χ0v) is 17.0. The summed E-state index contributed by atoms with van der Waals surface area (Å²) in [6.45, 7) is 7.88. The molecule has 5 heterocycles. The van der Waals surface area contributed by atoms with Gasteiger partial charge in [-0.2, -0.15) is 5.10 Å². The van der Waals surface area contributed by atoms with Crippen LogP contribution in [0, 0.1) is 6.92 Å². The summed E-state index contributed by atoms with van der Waals surface area (Å²) in [5, 5.41) is 5.75. The third kappa shape index (κ3) is 2.93. The van der Waals surface area contributed by atoms with E-state index >= 15 is 0 Å². The van der Waals surface area contributed by atoms with Crippen molar-refractivity contribution in [3.63, 3.8) is 0 Å². The van der Waals surface area contributed by atoms with Crippen molar-refractivity contribution in [2.75, 3.05) is 44.3 Å². The van der Waals surface area contributed by atoms with E-state index in [0.29, 0.717) is 6.04 Å². The molecule has 2 saturated heterocycles. The molecular weight excluding hydrogens is 376 g/mol. The zero-order valence-electron chi connectivity index (χ0n) is 17.0. The summed E-state index contributed by atoms with van der Waals surface area (Å²) in [4.78, 5) is 14.4. The molecule has 0 spiro atoms. The molecule has 0 N–H and O–H groups in total. The van der Waals surface area contributed by atoms with E-state index in [4.69, 9.17) is 9.72 Å². The molecule has 7 nitrogen and oxygen atoms in total. The lowest BCUT2D eigenvalue weighted by molar-refractivity contribution is 0.0105. The van der Waals surface area contributed by atoms with Gasteiger partial charge in [-0.1, -0.05) is 18.2 Å². The molecule has 7 heteroatoms. The van der Waals surface area contributed by atoms with Crippen molar-refractivity contribution in [3.8, 4) is 11.1 Å². The number of rotatable bonds is 3. The summed E-state index contributed by atoms with van der Waals surface area (Å²) in [6, 6.07) is 11.0. The maximum absolute atomic E-state index is 5.47. The van der Waals surface area contributed by atoms with Crippen LogP contribution >= 0.6 is 0 Å². The number of nitrogens with zero attached hydrogens (tertiary/aromatic N) is 6. The average molecular weight is 400 g/mol. The summed E-state index contributed by atoms with van der Waals surface area (Å²) in [6.07, 6.45) is 5.99. The minimum absolute atomic E-state index is 0.615. The fourth-order valence-electron chi connectivity index (χ4n) is 4.59. The smallest absolute Gasteiger partial charge is 0.162 e. The number of pyridine rings is 1. The summed E-state index contributed by atoms with van der Waals surface area (Å²) in [5.41, 5.74) is 6.16. The van der Waals surface area contributed by atoms with Gasteiger partial charge in [0, 0.05) is 48.9 Å². The Bertz CT molecular complexity index is 1220. The molecule has 0 amide bonds. The Balaban J connectivity index is 1.30. The Hall–Kier alpha value is -3.03. The standard InChI is InChI=1S/C23H24N6O/c1-16-10-20(19-4-2-3-5-22(19)26-16)21-12-25-29-15-17(11-24-23(21)29)28-13-18(14-28)27-6-8-30-9-7-27/h2-5,10-12,15,18H,6-9,13-14H2,1H3. The molecule has 0 unspecified atom stereocenters. The number of hydrogen-bond donors (Lipinski definition) is 0. The van der Waals surface area contributed by atoms with Crippen molar-refractivity contribution in [2.24, 2.45) is 0 Å². The van der Waals surface area contributed by atoms with Crippen LogP contribution in [0.4, 0.5) is 5.69 Å². The first-order valence-electron chi connectivity index (χ1n) is 10.5. The number of hydrogen-bond acceptors (Lipinski definition) is 6. The maximum atomic E-state index is 5.47. The van der Waals surface area contributed by atoms with Gasteiger partial charge >= 0.3 is 0 Å². The second kappa shape index (κ2) is 7.04. The lowest BCUT2D eigenvalue weighted by Gasteiger charge is -2.47.